The second kappa shape index (κ2) is 7.54. The largest absolute Gasteiger partial charge is 0.339 e. The van der Waals surface area contributed by atoms with Gasteiger partial charge < -0.3 is 15.1 Å². The van der Waals surface area contributed by atoms with Crippen molar-refractivity contribution in [1.82, 2.24) is 15.1 Å². The number of nitrogens with one attached hydrogen (secondary N) is 1. The van der Waals surface area contributed by atoms with Gasteiger partial charge in [0.15, 0.2) is 0 Å². The first-order chi connectivity index (χ1) is 13.0. The van der Waals surface area contributed by atoms with Gasteiger partial charge in [-0.05, 0) is 43.7 Å². The Morgan fingerprint density at radius 3 is 2.26 bits per heavy atom. The number of carbonyl (C=O) groups is 2. The summed E-state index contributed by atoms with van der Waals surface area (Å²) in [6.45, 7) is 1.67. The lowest BCUT2D eigenvalue weighted by Crippen LogP contribution is -2.51. The van der Waals surface area contributed by atoms with Gasteiger partial charge in [-0.2, -0.15) is 0 Å². The molecule has 3 saturated heterocycles. The Morgan fingerprint density at radius 1 is 1.00 bits per heavy atom. The standard InChI is InChI=1S/C20H25F2N3O2/c21-14-1-4-17(18(22)12-14)20(27)25-7-5-24(6-8-25)19(26)11-13-9-15-2-3-16(10-13)23-15/h1,4,12-13,15-16,23H,2-3,5-11H2. The lowest BCUT2D eigenvalue weighted by Gasteiger charge is -2.36. The van der Waals surface area contributed by atoms with Crippen molar-refractivity contribution in [1.29, 1.82) is 0 Å². The molecule has 5 nitrogen and oxygen atoms in total. The number of hydrogen-bond acceptors (Lipinski definition) is 3. The SMILES string of the molecule is O=C(CC1CC2CCC(C1)N2)N1CCN(C(=O)c2ccc(F)cc2F)CC1. The first-order valence-electron chi connectivity index (χ1n) is 9.78. The van der Waals surface area contributed by atoms with E-state index in [4.69, 9.17) is 0 Å². The topological polar surface area (TPSA) is 52.7 Å². The van der Waals surface area contributed by atoms with E-state index in [1.54, 1.807) is 0 Å². The molecule has 27 heavy (non-hydrogen) atoms. The molecule has 2 unspecified atom stereocenters. The van der Waals surface area contributed by atoms with Crippen LogP contribution in [0.5, 0.6) is 0 Å². The van der Waals surface area contributed by atoms with E-state index >= 15 is 0 Å². The van der Waals surface area contributed by atoms with E-state index in [0.717, 1.165) is 25.0 Å². The summed E-state index contributed by atoms with van der Waals surface area (Å²) in [5, 5.41) is 3.59. The Balaban J connectivity index is 1.29. The molecular formula is C20H25F2N3O2. The molecular weight excluding hydrogens is 352 g/mol. The second-order valence-electron chi connectivity index (χ2n) is 7.98. The van der Waals surface area contributed by atoms with Crippen LogP contribution in [0.4, 0.5) is 8.78 Å². The Hall–Kier alpha value is -2.02. The molecule has 0 aromatic heterocycles. The molecule has 1 aromatic carbocycles. The van der Waals surface area contributed by atoms with Crippen LogP contribution in [0.2, 0.25) is 0 Å². The first-order valence-corrected chi connectivity index (χ1v) is 9.78. The molecule has 1 aromatic rings. The number of fused-ring (bicyclic) bond motifs is 2. The van der Waals surface area contributed by atoms with Gasteiger partial charge in [0.1, 0.15) is 11.6 Å². The zero-order chi connectivity index (χ0) is 19.0. The summed E-state index contributed by atoms with van der Waals surface area (Å²) in [7, 11) is 0. The van der Waals surface area contributed by atoms with Crippen molar-refractivity contribution in [2.45, 2.75) is 44.2 Å². The highest BCUT2D eigenvalue weighted by Crippen LogP contribution is 2.33. The van der Waals surface area contributed by atoms with Crippen LogP contribution in [-0.4, -0.2) is 59.9 Å². The van der Waals surface area contributed by atoms with Gasteiger partial charge in [-0.1, -0.05) is 0 Å². The summed E-state index contributed by atoms with van der Waals surface area (Å²) in [6.07, 6.45) is 5.16. The summed E-state index contributed by atoms with van der Waals surface area (Å²) >= 11 is 0. The smallest absolute Gasteiger partial charge is 0.256 e. The highest BCUT2D eigenvalue weighted by molar-refractivity contribution is 5.94. The maximum atomic E-state index is 13.8. The number of piperazine rings is 1. The minimum absolute atomic E-state index is 0.124. The third kappa shape index (κ3) is 3.98. The molecule has 3 heterocycles. The lowest BCUT2D eigenvalue weighted by atomic mass is 9.89. The van der Waals surface area contributed by atoms with E-state index in [1.807, 2.05) is 4.90 Å². The van der Waals surface area contributed by atoms with Crippen LogP contribution in [0.1, 0.15) is 42.5 Å². The van der Waals surface area contributed by atoms with Crippen LogP contribution < -0.4 is 5.32 Å². The number of benzene rings is 1. The predicted octanol–water partition coefficient (Wildman–Crippen LogP) is 2.17. The molecule has 2 atom stereocenters. The highest BCUT2D eigenvalue weighted by atomic mass is 19.1. The van der Waals surface area contributed by atoms with Crippen LogP contribution in [0.15, 0.2) is 18.2 Å². The fourth-order valence-corrected chi connectivity index (χ4v) is 4.71. The van der Waals surface area contributed by atoms with Crippen molar-refractivity contribution in [2.24, 2.45) is 5.92 Å². The number of nitrogens with zero attached hydrogens (tertiary/aromatic N) is 2. The van der Waals surface area contributed by atoms with E-state index in [9.17, 15) is 18.4 Å². The predicted molar refractivity (Wildman–Crippen MR) is 96.1 cm³/mol. The third-order valence-electron chi connectivity index (χ3n) is 6.12. The molecule has 3 fully saturated rings. The zero-order valence-corrected chi connectivity index (χ0v) is 15.3. The number of rotatable bonds is 3. The van der Waals surface area contributed by atoms with Crippen LogP contribution >= 0.6 is 0 Å². The van der Waals surface area contributed by atoms with Gasteiger partial charge in [0.25, 0.3) is 5.91 Å². The Kier molecular flexibility index (Phi) is 5.12. The summed E-state index contributed by atoms with van der Waals surface area (Å²) < 4.78 is 26.9. The van der Waals surface area contributed by atoms with Crippen molar-refractivity contribution in [3.63, 3.8) is 0 Å². The van der Waals surface area contributed by atoms with Crippen molar-refractivity contribution in [3.05, 3.63) is 35.4 Å². The molecule has 0 saturated carbocycles. The van der Waals surface area contributed by atoms with E-state index in [1.165, 1.54) is 23.8 Å². The number of hydrogen-bond donors (Lipinski definition) is 1. The van der Waals surface area contributed by atoms with Crippen molar-refractivity contribution >= 4 is 11.8 Å². The monoisotopic (exact) mass is 377 g/mol. The molecule has 7 heteroatoms. The molecule has 1 N–H and O–H groups in total. The summed E-state index contributed by atoms with van der Waals surface area (Å²) in [5.41, 5.74) is -0.124. The molecule has 146 valence electrons. The average molecular weight is 377 g/mol. The summed E-state index contributed by atoms with van der Waals surface area (Å²) in [5.74, 6) is -1.40. The van der Waals surface area contributed by atoms with E-state index in [2.05, 4.69) is 5.32 Å². The van der Waals surface area contributed by atoms with Gasteiger partial charge in [0, 0.05) is 50.7 Å². The zero-order valence-electron chi connectivity index (χ0n) is 15.3. The third-order valence-corrected chi connectivity index (χ3v) is 6.12. The first kappa shape index (κ1) is 18.3. The quantitative estimate of drug-likeness (QED) is 0.878. The minimum Gasteiger partial charge on any atom is -0.339 e. The molecule has 4 rings (SSSR count). The van der Waals surface area contributed by atoms with Gasteiger partial charge in [0.2, 0.25) is 5.91 Å². The molecule has 2 amide bonds. The van der Waals surface area contributed by atoms with E-state index in [-0.39, 0.29) is 11.5 Å². The van der Waals surface area contributed by atoms with Crippen LogP contribution in [0, 0.1) is 17.6 Å². The molecule has 0 spiro atoms. The Labute approximate surface area is 157 Å². The minimum atomic E-state index is -0.848. The molecule has 0 aliphatic carbocycles. The average Bonchev–Trinajstić information content (AvgIpc) is 2.99. The van der Waals surface area contributed by atoms with E-state index in [0.29, 0.717) is 50.6 Å². The van der Waals surface area contributed by atoms with Crippen LogP contribution in [0.3, 0.4) is 0 Å². The normalized spacial score (nSPS) is 27.7. The number of amides is 2. The van der Waals surface area contributed by atoms with Crippen molar-refractivity contribution in [2.75, 3.05) is 26.2 Å². The fraction of sp³-hybridized carbons (Fsp3) is 0.600. The number of halogens is 2. The van der Waals surface area contributed by atoms with Crippen molar-refractivity contribution < 1.29 is 18.4 Å². The molecule has 0 radical (unpaired) electrons. The van der Waals surface area contributed by atoms with Gasteiger partial charge >= 0.3 is 0 Å². The summed E-state index contributed by atoms with van der Waals surface area (Å²) in [6, 6.07) is 4.13. The Bertz CT molecular complexity index is 722. The number of carbonyl (C=O) groups excluding carboxylic acids is 2. The maximum Gasteiger partial charge on any atom is 0.256 e. The van der Waals surface area contributed by atoms with Gasteiger partial charge in [-0.15, -0.1) is 0 Å². The summed E-state index contributed by atoms with van der Waals surface area (Å²) in [4.78, 5) is 28.4. The fourth-order valence-electron chi connectivity index (χ4n) is 4.71. The highest BCUT2D eigenvalue weighted by Gasteiger charge is 2.35. The van der Waals surface area contributed by atoms with Crippen molar-refractivity contribution in [3.8, 4) is 0 Å². The molecule has 3 aliphatic heterocycles. The van der Waals surface area contributed by atoms with Crippen LogP contribution in [0.25, 0.3) is 0 Å². The van der Waals surface area contributed by atoms with Gasteiger partial charge in [-0.3, -0.25) is 9.59 Å². The van der Waals surface area contributed by atoms with E-state index < -0.39 is 17.5 Å². The van der Waals surface area contributed by atoms with Gasteiger partial charge in [-0.25, -0.2) is 8.78 Å². The lowest BCUT2D eigenvalue weighted by molar-refractivity contribution is -0.134. The van der Waals surface area contributed by atoms with Gasteiger partial charge in [0.05, 0.1) is 5.56 Å². The van der Waals surface area contributed by atoms with Crippen LogP contribution in [-0.2, 0) is 4.79 Å². The maximum absolute atomic E-state index is 13.8. The molecule has 3 aliphatic rings. The number of piperidine rings is 1. The molecule has 2 bridgehead atoms. The Morgan fingerprint density at radius 2 is 1.63 bits per heavy atom. The second-order valence-corrected chi connectivity index (χ2v) is 7.98.